The lowest BCUT2D eigenvalue weighted by molar-refractivity contribution is 0.260. The topological polar surface area (TPSA) is 33.7 Å². The molecule has 4 nitrogen and oxygen atoms in total. The molecule has 0 aromatic heterocycles. The zero-order chi connectivity index (χ0) is 15.9. The number of benzene rings is 1. The Balaban J connectivity index is 1.95. The summed E-state index contributed by atoms with van der Waals surface area (Å²) in [5.74, 6) is 1.56. The molecule has 1 saturated heterocycles. The maximum absolute atomic E-state index is 5.67. The van der Waals surface area contributed by atoms with Crippen molar-refractivity contribution < 1.29 is 9.47 Å². The van der Waals surface area contributed by atoms with Crippen LogP contribution in [0.15, 0.2) is 16.6 Å². The zero-order valence-corrected chi connectivity index (χ0v) is 15.4. The number of nitrogens with zero attached hydrogens (tertiary/aromatic N) is 1. The summed E-state index contributed by atoms with van der Waals surface area (Å²) in [6, 6.07) is 4.84. The van der Waals surface area contributed by atoms with Crippen molar-refractivity contribution in [2.45, 2.75) is 39.3 Å². The molecule has 0 saturated carbocycles. The molecule has 1 heterocycles. The third kappa shape index (κ3) is 4.37. The van der Waals surface area contributed by atoms with E-state index in [-0.39, 0.29) is 0 Å². The van der Waals surface area contributed by atoms with Gasteiger partial charge in [-0.3, -0.25) is 4.90 Å². The van der Waals surface area contributed by atoms with E-state index in [0.717, 1.165) is 35.6 Å². The molecule has 1 atom stereocenters. The molecular formula is C17H27BrN2O2. The molecule has 1 aliphatic rings. The van der Waals surface area contributed by atoms with Crippen molar-refractivity contribution in [1.82, 2.24) is 10.2 Å². The molecule has 0 unspecified atom stereocenters. The first-order valence-corrected chi connectivity index (χ1v) is 8.92. The molecule has 1 N–H and O–H groups in total. The standard InChI is InChI=1S/C17H27BrN2O2/c1-4-20-8-6-7-14(20)12-19-11-13-9-15(18)17(21-3)16(10-13)22-5-2/h9-10,14,19H,4-8,11-12H2,1-3H3/t14-/m1/s1. The Hall–Kier alpha value is -0.780. The SMILES string of the molecule is CCOc1cc(CNC[C@H]2CCCN2CC)cc(Br)c1OC. The fourth-order valence-corrected chi connectivity index (χ4v) is 3.76. The number of likely N-dealkylation sites (tertiary alicyclic amines) is 1. The van der Waals surface area contributed by atoms with Crippen LogP contribution in [0, 0.1) is 0 Å². The highest BCUT2D eigenvalue weighted by atomic mass is 79.9. The molecule has 5 heteroatoms. The number of methoxy groups -OCH3 is 1. The number of ether oxygens (including phenoxy) is 2. The Labute approximate surface area is 142 Å². The predicted octanol–water partition coefficient (Wildman–Crippen LogP) is 3.43. The quantitative estimate of drug-likeness (QED) is 0.759. The number of likely N-dealkylation sites (N-methyl/N-ethyl adjacent to an activating group) is 1. The van der Waals surface area contributed by atoms with E-state index in [9.17, 15) is 0 Å². The van der Waals surface area contributed by atoms with Gasteiger partial charge in [0.2, 0.25) is 0 Å². The number of hydrogen-bond donors (Lipinski definition) is 1. The van der Waals surface area contributed by atoms with Crippen LogP contribution in [0.4, 0.5) is 0 Å². The maximum atomic E-state index is 5.67. The van der Waals surface area contributed by atoms with E-state index in [1.165, 1.54) is 24.9 Å². The second kappa shape index (κ2) is 8.75. The van der Waals surface area contributed by atoms with Gasteiger partial charge in [0.1, 0.15) is 0 Å². The van der Waals surface area contributed by atoms with Crippen LogP contribution in [-0.2, 0) is 6.54 Å². The fraction of sp³-hybridized carbons (Fsp3) is 0.647. The number of nitrogens with one attached hydrogen (secondary N) is 1. The van der Waals surface area contributed by atoms with E-state index in [4.69, 9.17) is 9.47 Å². The van der Waals surface area contributed by atoms with Crippen LogP contribution in [0.1, 0.15) is 32.3 Å². The van der Waals surface area contributed by atoms with E-state index >= 15 is 0 Å². The first-order chi connectivity index (χ1) is 10.7. The minimum Gasteiger partial charge on any atom is -0.492 e. The molecule has 0 radical (unpaired) electrons. The number of rotatable bonds is 8. The van der Waals surface area contributed by atoms with Crippen LogP contribution >= 0.6 is 15.9 Å². The van der Waals surface area contributed by atoms with Crippen LogP contribution in [0.25, 0.3) is 0 Å². The largest absolute Gasteiger partial charge is 0.492 e. The third-order valence-corrected chi connectivity index (χ3v) is 4.78. The van der Waals surface area contributed by atoms with Crippen molar-refractivity contribution in [3.8, 4) is 11.5 Å². The van der Waals surface area contributed by atoms with Crippen molar-refractivity contribution >= 4 is 15.9 Å². The molecule has 22 heavy (non-hydrogen) atoms. The minimum atomic E-state index is 0.632. The van der Waals surface area contributed by atoms with Gasteiger partial charge in [-0.15, -0.1) is 0 Å². The summed E-state index contributed by atoms with van der Waals surface area (Å²) in [7, 11) is 1.67. The zero-order valence-electron chi connectivity index (χ0n) is 13.8. The van der Waals surface area contributed by atoms with Gasteiger partial charge in [-0.25, -0.2) is 0 Å². The van der Waals surface area contributed by atoms with Gasteiger partial charge in [0.25, 0.3) is 0 Å². The highest BCUT2D eigenvalue weighted by Gasteiger charge is 2.22. The molecule has 124 valence electrons. The fourth-order valence-electron chi connectivity index (χ4n) is 3.11. The number of hydrogen-bond acceptors (Lipinski definition) is 4. The highest BCUT2D eigenvalue weighted by molar-refractivity contribution is 9.10. The molecule has 1 aromatic carbocycles. The number of halogens is 1. The Morgan fingerprint density at radius 2 is 2.18 bits per heavy atom. The summed E-state index contributed by atoms with van der Waals surface area (Å²) in [4.78, 5) is 2.56. The molecular weight excluding hydrogens is 344 g/mol. The summed E-state index contributed by atoms with van der Waals surface area (Å²) >= 11 is 3.57. The second-order valence-corrected chi connectivity index (χ2v) is 6.45. The van der Waals surface area contributed by atoms with Gasteiger partial charge in [0.15, 0.2) is 11.5 Å². The summed E-state index contributed by atoms with van der Waals surface area (Å²) in [5.41, 5.74) is 1.21. The average Bonchev–Trinajstić information content (AvgIpc) is 2.95. The van der Waals surface area contributed by atoms with E-state index in [1.54, 1.807) is 7.11 Å². The van der Waals surface area contributed by atoms with Gasteiger partial charge < -0.3 is 14.8 Å². The van der Waals surface area contributed by atoms with Crippen molar-refractivity contribution in [3.63, 3.8) is 0 Å². The normalized spacial score (nSPS) is 18.6. The van der Waals surface area contributed by atoms with E-state index in [2.05, 4.69) is 45.2 Å². The van der Waals surface area contributed by atoms with Crippen LogP contribution < -0.4 is 14.8 Å². The summed E-state index contributed by atoms with van der Waals surface area (Å²) < 4.78 is 12.0. The van der Waals surface area contributed by atoms with Crippen LogP contribution in [0.2, 0.25) is 0 Å². The third-order valence-electron chi connectivity index (χ3n) is 4.19. The van der Waals surface area contributed by atoms with Gasteiger partial charge in [0, 0.05) is 19.1 Å². The monoisotopic (exact) mass is 370 g/mol. The predicted molar refractivity (Wildman–Crippen MR) is 93.8 cm³/mol. The molecule has 0 bridgehead atoms. The van der Waals surface area contributed by atoms with Gasteiger partial charge in [-0.1, -0.05) is 6.92 Å². The minimum absolute atomic E-state index is 0.632. The lowest BCUT2D eigenvalue weighted by Gasteiger charge is -2.23. The Morgan fingerprint density at radius 3 is 2.86 bits per heavy atom. The lowest BCUT2D eigenvalue weighted by Crippen LogP contribution is -2.37. The summed E-state index contributed by atoms with van der Waals surface area (Å²) in [6.07, 6.45) is 2.63. The smallest absolute Gasteiger partial charge is 0.174 e. The lowest BCUT2D eigenvalue weighted by atomic mass is 10.1. The van der Waals surface area contributed by atoms with Gasteiger partial charge in [-0.05, 0) is 66.5 Å². The first-order valence-electron chi connectivity index (χ1n) is 8.13. The molecule has 2 rings (SSSR count). The van der Waals surface area contributed by atoms with E-state index in [1.807, 2.05) is 6.92 Å². The van der Waals surface area contributed by atoms with Gasteiger partial charge in [0.05, 0.1) is 18.2 Å². The second-order valence-electron chi connectivity index (χ2n) is 5.60. The summed E-state index contributed by atoms with van der Waals surface area (Å²) in [5, 5.41) is 3.58. The van der Waals surface area contributed by atoms with Crippen molar-refractivity contribution in [3.05, 3.63) is 22.2 Å². The highest BCUT2D eigenvalue weighted by Crippen LogP contribution is 2.36. The van der Waals surface area contributed by atoms with Crippen LogP contribution in [0.5, 0.6) is 11.5 Å². The molecule has 0 spiro atoms. The van der Waals surface area contributed by atoms with Gasteiger partial charge >= 0.3 is 0 Å². The Kier molecular flexibility index (Phi) is 6.99. The van der Waals surface area contributed by atoms with Crippen LogP contribution in [-0.4, -0.2) is 44.3 Å². The Bertz CT molecular complexity index is 482. The first kappa shape index (κ1) is 17.6. The molecule has 1 fully saturated rings. The van der Waals surface area contributed by atoms with Crippen LogP contribution in [0.3, 0.4) is 0 Å². The summed E-state index contributed by atoms with van der Waals surface area (Å²) in [6.45, 7) is 9.14. The van der Waals surface area contributed by atoms with E-state index in [0.29, 0.717) is 12.6 Å². The van der Waals surface area contributed by atoms with Gasteiger partial charge in [-0.2, -0.15) is 0 Å². The van der Waals surface area contributed by atoms with Crippen molar-refractivity contribution in [2.24, 2.45) is 0 Å². The van der Waals surface area contributed by atoms with Crippen molar-refractivity contribution in [1.29, 1.82) is 0 Å². The average molecular weight is 371 g/mol. The molecule has 0 aliphatic carbocycles. The molecule has 0 amide bonds. The van der Waals surface area contributed by atoms with Crippen molar-refractivity contribution in [2.75, 3.05) is 33.4 Å². The molecule has 1 aliphatic heterocycles. The molecule has 1 aromatic rings. The Morgan fingerprint density at radius 1 is 1.36 bits per heavy atom. The van der Waals surface area contributed by atoms with E-state index < -0.39 is 0 Å². The maximum Gasteiger partial charge on any atom is 0.174 e.